The second kappa shape index (κ2) is 8.75. The van der Waals surface area contributed by atoms with Crippen LogP contribution >= 0.6 is 0 Å². The maximum absolute atomic E-state index is 12.8. The van der Waals surface area contributed by atoms with Crippen LogP contribution in [0, 0.1) is 6.92 Å². The van der Waals surface area contributed by atoms with E-state index in [9.17, 15) is 18.0 Å². The summed E-state index contributed by atoms with van der Waals surface area (Å²) in [6, 6.07) is 13.4. The Morgan fingerprint density at radius 1 is 1.00 bits per heavy atom. The minimum absolute atomic E-state index is 0.0597. The van der Waals surface area contributed by atoms with Gasteiger partial charge in [-0.1, -0.05) is 29.8 Å². The minimum atomic E-state index is -3.67. The number of carbonyl (C=O) groups excluding carboxylic acids is 2. The summed E-state index contributed by atoms with van der Waals surface area (Å²) < 4.78 is 32.3. The lowest BCUT2D eigenvalue weighted by atomic mass is 10.1. The van der Waals surface area contributed by atoms with Crippen LogP contribution in [0.25, 0.3) is 0 Å². The molecule has 0 atom stereocenters. The highest BCUT2D eigenvalue weighted by atomic mass is 32.2. The van der Waals surface area contributed by atoms with Crippen molar-refractivity contribution in [1.29, 1.82) is 0 Å². The third-order valence-corrected chi connectivity index (χ3v) is 6.78. The number of hydrogen-bond acceptors (Lipinski definition) is 5. The zero-order valence-electron chi connectivity index (χ0n) is 16.5. The second-order valence-electron chi connectivity index (χ2n) is 7.00. The summed E-state index contributed by atoms with van der Waals surface area (Å²) in [6.07, 6.45) is 0. The molecule has 0 N–H and O–H groups in total. The Hall–Kier alpha value is -2.71. The van der Waals surface area contributed by atoms with Crippen molar-refractivity contribution in [3.8, 4) is 0 Å². The van der Waals surface area contributed by atoms with Gasteiger partial charge >= 0.3 is 5.97 Å². The van der Waals surface area contributed by atoms with Crippen molar-refractivity contribution in [3.63, 3.8) is 0 Å². The van der Waals surface area contributed by atoms with Gasteiger partial charge < -0.3 is 9.64 Å². The highest BCUT2D eigenvalue weighted by Crippen LogP contribution is 2.19. The highest BCUT2D eigenvalue weighted by Gasteiger charge is 2.29. The number of hydrogen-bond donors (Lipinski definition) is 0. The van der Waals surface area contributed by atoms with Crippen molar-refractivity contribution in [2.75, 3.05) is 26.2 Å². The standard InChI is InChI=1S/C21H24N2O5S/c1-16-4-3-5-18(14-16)15-28-21(25)19-6-8-20(9-7-19)29(26,27)23-12-10-22(11-13-23)17(2)24/h3-9,14H,10-13,15H2,1-2H3. The third-order valence-electron chi connectivity index (χ3n) is 4.86. The Morgan fingerprint density at radius 3 is 2.24 bits per heavy atom. The molecule has 3 rings (SSSR count). The van der Waals surface area contributed by atoms with E-state index in [4.69, 9.17) is 4.74 Å². The Bertz CT molecular complexity index is 994. The van der Waals surface area contributed by atoms with Gasteiger partial charge in [-0.3, -0.25) is 4.79 Å². The number of carbonyl (C=O) groups is 2. The number of esters is 1. The van der Waals surface area contributed by atoms with E-state index in [1.165, 1.54) is 35.5 Å². The molecular weight excluding hydrogens is 392 g/mol. The fourth-order valence-electron chi connectivity index (χ4n) is 3.19. The molecule has 8 heteroatoms. The molecule has 1 aliphatic rings. The van der Waals surface area contributed by atoms with Gasteiger partial charge in [0.05, 0.1) is 10.5 Å². The van der Waals surface area contributed by atoms with Crippen LogP contribution < -0.4 is 0 Å². The van der Waals surface area contributed by atoms with Crippen LogP contribution in [0.3, 0.4) is 0 Å². The SMILES string of the molecule is CC(=O)N1CCN(S(=O)(=O)c2ccc(C(=O)OCc3cccc(C)c3)cc2)CC1. The monoisotopic (exact) mass is 416 g/mol. The van der Waals surface area contributed by atoms with E-state index >= 15 is 0 Å². The van der Waals surface area contributed by atoms with Gasteiger partial charge in [0.1, 0.15) is 6.61 Å². The number of nitrogens with zero attached hydrogens (tertiary/aromatic N) is 2. The van der Waals surface area contributed by atoms with Crippen molar-refractivity contribution in [2.45, 2.75) is 25.3 Å². The molecule has 0 saturated carbocycles. The summed E-state index contributed by atoms with van der Waals surface area (Å²) >= 11 is 0. The molecule has 29 heavy (non-hydrogen) atoms. The molecule has 1 heterocycles. The smallest absolute Gasteiger partial charge is 0.338 e. The summed E-state index contributed by atoms with van der Waals surface area (Å²) in [5.74, 6) is -0.568. The Kier molecular flexibility index (Phi) is 6.34. The van der Waals surface area contributed by atoms with Crippen molar-refractivity contribution in [2.24, 2.45) is 0 Å². The maximum Gasteiger partial charge on any atom is 0.338 e. The predicted molar refractivity (Wildman–Crippen MR) is 108 cm³/mol. The van der Waals surface area contributed by atoms with E-state index in [1.54, 1.807) is 4.90 Å². The molecule has 0 spiro atoms. The van der Waals surface area contributed by atoms with Crippen LogP contribution in [0.2, 0.25) is 0 Å². The van der Waals surface area contributed by atoms with E-state index in [0.717, 1.165) is 11.1 Å². The van der Waals surface area contributed by atoms with E-state index in [2.05, 4.69) is 0 Å². The molecule has 154 valence electrons. The van der Waals surface area contributed by atoms with Gasteiger partial charge in [-0.05, 0) is 36.8 Å². The van der Waals surface area contributed by atoms with Crippen molar-refractivity contribution in [3.05, 3.63) is 65.2 Å². The molecule has 1 saturated heterocycles. The Labute approximate surface area is 170 Å². The van der Waals surface area contributed by atoms with Crippen LogP contribution in [-0.2, 0) is 26.2 Å². The first-order valence-electron chi connectivity index (χ1n) is 9.36. The number of sulfonamides is 1. The van der Waals surface area contributed by atoms with Gasteiger partial charge in [-0.2, -0.15) is 4.31 Å². The first kappa shape index (κ1) is 21.0. The summed E-state index contributed by atoms with van der Waals surface area (Å²) in [4.78, 5) is 25.4. The molecule has 1 fully saturated rings. The van der Waals surface area contributed by atoms with E-state index < -0.39 is 16.0 Å². The lowest BCUT2D eigenvalue weighted by molar-refractivity contribution is -0.129. The van der Waals surface area contributed by atoms with Crippen LogP contribution in [0.15, 0.2) is 53.4 Å². The maximum atomic E-state index is 12.8. The molecule has 0 bridgehead atoms. The average molecular weight is 416 g/mol. The van der Waals surface area contributed by atoms with Crippen LogP contribution in [0.4, 0.5) is 0 Å². The van der Waals surface area contributed by atoms with Gasteiger partial charge in [0.15, 0.2) is 0 Å². The lowest BCUT2D eigenvalue weighted by Crippen LogP contribution is -2.49. The zero-order valence-corrected chi connectivity index (χ0v) is 17.3. The minimum Gasteiger partial charge on any atom is -0.457 e. The average Bonchev–Trinajstić information content (AvgIpc) is 2.72. The predicted octanol–water partition coefficient (Wildman–Crippen LogP) is 2.20. The highest BCUT2D eigenvalue weighted by molar-refractivity contribution is 7.89. The molecule has 1 amide bonds. The molecule has 0 aromatic heterocycles. The van der Waals surface area contributed by atoms with Crippen molar-refractivity contribution < 1.29 is 22.7 Å². The molecule has 0 aliphatic carbocycles. The van der Waals surface area contributed by atoms with Crippen LogP contribution in [0.5, 0.6) is 0 Å². The number of benzene rings is 2. The summed E-state index contributed by atoms with van der Waals surface area (Å²) in [6.45, 7) is 4.84. The number of amides is 1. The fourth-order valence-corrected chi connectivity index (χ4v) is 4.61. The molecule has 0 radical (unpaired) electrons. The van der Waals surface area contributed by atoms with E-state index in [0.29, 0.717) is 13.1 Å². The number of ether oxygens (including phenoxy) is 1. The molecular formula is C21H24N2O5S. The second-order valence-corrected chi connectivity index (χ2v) is 8.94. The first-order valence-corrected chi connectivity index (χ1v) is 10.8. The van der Waals surface area contributed by atoms with E-state index in [-0.39, 0.29) is 36.1 Å². The van der Waals surface area contributed by atoms with Crippen LogP contribution in [0.1, 0.15) is 28.4 Å². The van der Waals surface area contributed by atoms with Gasteiger partial charge in [-0.25, -0.2) is 13.2 Å². The Balaban J connectivity index is 1.63. The lowest BCUT2D eigenvalue weighted by Gasteiger charge is -2.33. The van der Waals surface area contributed by atoms with Crippen molar-refractivity contribution >= 4 is 21.9 Å². The van der Waals surface area contributed by atoms with Crippen LogP contribution in [-0.4, -0.2) is 55.7 Å². The first-order chi connectivity index (χ1) is 13.8. The normalized spacial score (nSPS) is 15.2. The summed E-state index contributed by atoms with van der Waals surface area (Å²) in [7, 11) is -3.67. The Morgan fingerprint density at radius 2 is 1.66 bits per heavy atom. The fraction of sp³-hybridized carbons (Fsp3) is 0.333. The largest absolute Gasteiger partial charge is 0.457 e. The number of aryl methyl sites for hydroxylation is 1. The molecule has 2 aromatic rings. The zero-order chi connectivity index (χ0) is 21.0. The third kappa shape index (κ3) is 5.02. The van der Waals surface area contributed by atoms with E-state index in [1.807, 2.05) is 31.2 Å². The van der Waals surface area contributed by atoms with Crippen molar-refractivity contribution in [1.82, 2.24) is 9.21 Å². The molecule has 2 aromatic carbocycles. The number of rotatable bonds is 5. The molecule has 0 unspecified atom stereocenters. The summed E-state index contributed by atoms with van der Waals surface area (Å²) in [5, 5.41) is 0. The summed E-state index contributed by atoms with van der Waals surface area (Å²) in [5.41, 5.74) is 2.26. The van der Waals surface area contributed by atoms with Gasteiger partial charge in [-0.15, -0.1) is 0 Å². The quantitative estimate of drug-likeness (QED) is 0.698. The topological polar surface area (TPSA) is 84.0 Å². The van der Waals surface area contributed by atoms with Gasteiger partial charge in [0.25, 0.3) is 0 Å². The van der Waals surface area contributed by atoms with Gasteiger partial charge in [0, 0.05) is 33.1 Å². The number of piperazine rings is 1. The van der Waals surface area contributed by atoms with Gasteiger partial charge in [0.2, 0.25) is 15.9 Å². The molecule has 1 aliphatic heterocycles. The molecule has 7 nitrogen and oxygen atoms in total.